The van der Waals surface area contributed by atoms with Gasteiger partial charge < -0.3 is 11.1 Å². The number of anilines is 1. The van der Waals surface area contributed by atoms with Crippen molar-refractivity contribution in [1.29, 1.82) is 0 Å². The number of nitrogens with two attached hydrogens (primary N) is 1. The first-order chi connectivity index (χ1) is 9.58. The van der Waals surface area contributed by atoms with Crippen LogP contribution in [0.15, 0.2) is 17.8 Å². The standard InChI is InChI=1S/C11H13F2N5OS/c12-9(13)5-18-4-7(3-15-18)16-11(19)8-6-20-10(17-8)1-2-14/h3-4,6,9H,1-2,5,14H2,(H,16,19). The van der Waals surface area contributed by atoms with Crippen LogP contribution in [0.1, 0.15) is 15.5 Å². The SMILES string of the molecule is NCCc1nc(C(=O)Nc2cnn(CC(F)F)c2)cs1. The lowest BCUT2D eigenvalue weighted by Gasteiger charge is -1.99. The molecule has 20 heavy (non-hydrogen) atoms. The first-order valence-electron chi connectivity index (χ1n) is 5.85. The van der Waals surface area contributed by atoms with Crippen LogP contribution in [0.25, 0.3) is 0 Å². The summed E-state index contributed by atoms with van der Waals surface area (Å²) in [5, 5.41) is 8.69. The fourth-order valence-corrected chi connectivity index (χ4v) is 2.31. The highest BCUT2D eigenvalue weighted by Gasteiger charge is 2.12. The van der Waals surface area contributed by atoms with E-state index in [2.05, 4.69) is 15.4 Å². The number of nitrogens with zero attached hydrogens (tertiary/aromatic N) is 3. The third-order valence-corrected chi connectivity index (χ3v) is 3.27. The summed E-state index contributed by atoms with van der Waals surface area (Å²) in [5.41, 5.74) is 6.03. The van der Waals surface area contributed by atoms with Crippen molar-refractivity contribution in [2.75, 3.05) is 11.9 Å². The molecule has 0 spiro atoms. The van der Waals surface area contributed by atoms with E-state index in [1.165, 1.54) is 23.7 Å². The van der Waals surface area contributed by atoms with Crippen LogP contribution in [0, 0.1) is 0 Å². The highest BCUT2D eigenvalue weighted by molar-refractivity contribution is 7.09. The Bertz CT molecular complexity index is 583. The smallest absolute Gasteiger partial charge is 0.275 e. The van der Waals surface area contributed by atoms with E-state index in [-0.39, 0.29) is 5.69 Å². The number of aromatic nitrogens is 3. The second-order valence-corrected chi connectivity index (χ2v) is 4.90. The van der Waals surface area contributed by atoms with Gasteiger partial charge >= 0.3 is 0 Å². The van der Waals surface area contributed by atoms with Gasteiger partial charge in [0.05, 0.1) is 16.9 Å². The number of hydrogen-bond acceptors (Lipinski definition) is 5. The van der Waals surface area contributed by atoms with E-state index in [0.717, 1.165) is 9.69 Å². The number of nitrogens with one attached hydrogen (secondary N) is 1. The molecule has 0 bridgehead atoms. The van der Waals surface area contributed by atoms with Gasteiger partial charge in [0.25, 0.3) is 12.3 Å². The first-order valence-corrected chi connectivity index (χ1v) is 6.73. The molecule has 2 rings (SSSR count). The maximum absolute atomic E-state index is 12.2. The van der Waals surface area contributed by atoms with Crippen LogP contribution in [0.2, 0.25) is 0 Å². The average molecular weight is 301 g/mol. The third-order valence-electron chi connectivity index (χ3n) is 2.36. The molecule has 3 N–H and O–H groups in total. The van der Waals surface area contributed by atoms with Crippen LogP contribution in [0.4, 0.5) is 14.5 Å². The quantitative estimate of drug-likeness (QED) is 0.843. The van der Waals surface area contributed by atoms with E-state index in [1.807, 2.05) is 0 Å². The lowest BCUT2D eigenvalue weighted by atomic mass is 10.4. The van der Waals surface area contributed by atoms with Crippen LogP contribution in [0.3, 0.4) is 0 Å². The molecule has 2 aromatic rings. The predicted octanol–water partition coefficient (Wildman–Crippen LogP) is 1.36. The molecule has 1 amide bonds. The molecule has 0 aliphatic carbocycles. The molecule has 6 nitrogen and oxygen atoms in total. The molecule has 0 atom stereocenters. The Morgan fingerprint density at radius 2 is 2.35 bits per heavy atom. The van der Waals surface area contributed by atoms with Gasteiger partial charge in [-0.3, -0.25) is 9.48 Å². The zero-order valence-corrected chi connectivity index (χ0v) is 11.2. The summed E-state index contributed by atoms with van der Waals surface area (Å²) < 4.78 is 25.4. The maximum Gasteiger partial charge on any atom is 0.275 e. The first kappa shape index (κ1) is 14.5. The van der Waals surface area contributed by atoms with Gasteiger partial charge in [-0.2, -0.15) is 5.10 Å². The Balaban J connectivity index is 1.97. The molecule has 2 heterocycles. The molecule has 0 aliphatic rings. The fourth-order valence-electron chi connectivity index (χ4n) is 1.52. The number of halogens is 2. The van der Waals surface area contributed by atoms with E-state index >= 15 is 0 Å². The van der Waals surface area contributed by atoms with Gasteiger partial charge in [0.1, 0.15) is 12.2 Å². The summed E-state index contributed by atoms with van der Waals surface area (Å²) in [5.74, 6) is -0.402. The minimum Gasteiger partial charge on any atom is -0.330 e. The van der Waals surface area contributed by atoms with Crippen LogP contribution in [-0.4, -0.2) is 33.6 Å². The van der Waals surface area contributed by atoms with Crippen molar-refractivity contribution in [3.8, 4) is 0 Å². The molecule has 0 radical (unpaired) electrons. The van der Waals surface area contributed by atoms with Gasteiger partial charge in [0.15, 0.2) is 0 Å². The van der Waals surface area contributed by atoms with E-state index < -0.39 is 18.9 Å². The molecule has 0 saturated heterocycles. The number of carbonyl (C=O) groups is 1. The molecule has 0 saturated carbocycles. The second kappa shape index (κ2) is 6.53. The summed E-state index contributed by atoms with van der Waals surface area (Å²) in [6.07, 6.45) is 0.783. The van der Waals surface area contributed by atoms with E-state index in [4.69, 9.17) is 5.73 Å². The van der Waals surface area contributed by atoms with Gasteiger partial charge in [-0.25, -0.2) is 13.8 Å². The molecule has 9 heteroatoms. The Labute approximate surface area is 117 Å². The van der Waals surface area contributed by atoms with Crippen molar-refractivity contribution in [2.45, 2.75) is 19.4 Å². The van der Waals surface area contributed by atoms with Crippen LogP contribution in [-0.2, 0) is 13.0 Å². The Hall–Kier alpha value is -1.87. The fraction of sp³-hybridized carbons (Fsp3) is 0.364. The molecule has 0 aliphatic heterocycles. The minimum absolute atomic E-state index is 0.278. The number of alkyl halides is 2. The summed E-state index contributed by atoms with van der Waals surface area (Å²) in [6, 6.07) is 0. The van der Waals surface area contributed by atoms with Crippen molar-refractivity contribution < 1.29 is 13.6 Å². The van der Waals surface area contributed by atoms with Gasteiger partial charge in [0.2, 0.25) is 0 Å². The molecule has 0 fully saturated rings. The van der Waals surface area contributed by atoms with E-state index in [9.17, 15) is 13.6 Å². The number of thiazole rings is 1. The number of rotatable bonds is 6. The van der Waals surface area contributed by atoms with Gasteiger partial charge in [0, 0.05) is 18.0 Å². The lowest BCUT2D eigenvalue weighted by Crippen LogP contribution is -2.12. The van der Waals surface area contributed by atoms with Crippen LogP contribution in [0.5, 0.6) is 0 Å². The maximum atomic E-state index is 12.2. The summed E-state index contributed by atoms with van der Waals surface area (Å²) in [4.78, 5) is 16.0. The summed E-state index contributed by atoms with van der Waals surface area (Å²) in [6.45, 7) is -0.0395. The van der Waals surface area contributed by atoms with Crippen molar-refractivity contribution in [1.82, 2.24) is 14.8 Å². The zero-order chi connectivity index (χ0) is 14.5. The van der Waals surface area contributed by atoms with Gasteiger partial charge in [-0.1, -0.05) is 0 Å². The van der Waals surface area contributed by atoms with Crippen molar-refractivity contribution >= 4 is 22.9 Å². The minimum atomic E-state index is -2.49. The van der Waals surface area contributed by atoms with E-state index in [1.54, 1.807) is 5.38 Å². The third kappa shape index (κ3) is 3.81. The average Bonchev–Trinajstić information content (AvgIpc) is 2.99. The summed E-state index contributed by atoms with van der Waals surface area (Å²) in [7, 11) is 0. The number of carbonyl (C=O) groups excluding carboxylic acids is 1. The molecular formula is C11H13F2N5OS. The highest BCUT2D eigenvalue weighted by Crippen LogP contribution is 2.13. The highest BCUT2D eigenvalue weighted by atomic mass is 32.1. The van der Waals surface area contributed by atoms with E-state index in [0.29, 0.717) is 18.7 Å². The molecule has 0 aromatic carbocycles. The largest absolute Gasteiger partial charge is 0.330 e. The second-order valence-electron chi connectivity index (χ2n) is 3.96. The Morgan fingerprint density at radius 3 is 3.05 bits per heavy atom. The zero-order valence-electron chi connectivity index (χ0n) is 10.4. The molecular weight excluding hydrogens is 288 g/mol. The normalized spacial score (nSPS) is 11.0. The van der Waals surface area contributed by atoms with Crippen LogP contribution >= 0.6 is 11.3 Å². The lowest BCUT2D eigenvalue weighted by molar-refractivity contribution is 0.102. The Morgan fingerprint density at radius 1 is 1.55 bits per heavy atom. The number of amides is 1. The van der Waals surface area contributed by atoms with Crippen molar-refractivity contribution in [3.05, 3.63) is 28.5 Å². The monoisotopic (exact) mass is 301 g/mol. The van der Waals surface area contributed by atoms with Crippen molar-refractivity contribution in [2.24, 2.45) is 5.73 Å². The number of hydrogen-bond donors (Lipinski definition) is 2. The predicted molar refractivity (Wildman–Crippen MR) is 71.1 cm³/mol. The van der Waals surface area contributed by atoms with Crippen LogP contribution < -0.4 is 11.1 Å². The Kier molecular flexibility index (Phi) is 4.74. The topological polar surface area (TPSA) is 85.8 Å². The van der Waals surface area contributed by atoms with Gasteiger partial charge in [-0.05, 0) is 6.54 Å². The molecule has 108 valence electrons. The van der Waals surface area contributed by atoms with Crippen molar-refractivity contribution in [3.63, 3.8) is 0 Å². The molecule has 2 aromatic heterocycles. The van der Waals surface area contributed by atoms with Gasteiger partial charge in [-0.15, -0.1) is 11.3 Å². The molecule has 0 unspecified atom stereocenters. The summed E-state index contributed by atoms with van der Waals surface area (Å²) >= 11 is 1.35.